The van der Waals surface area contributed by atoms with Gasteiger partial charge < -0.3 is 10.1 Å². The van der Waals surface area contributed by atoms with Crippen LogP contribution in [0.3, 0.4) is 0 Å². The molecule has 2 N–H and O–H groups in total. The maximum atomic E-state index is 13.1. The van der Waals surface area contributed by atoms with E-state index >= 15 is 0 Å². The van der Waals surface area contributed by atoms with Crippen molar-refractivity contribution >= 4 is 29.0 Å². The minimum Gasteiger partial charge on any atom is -0.495 e. The third-order valence-corrected chi connectivity index (χ3v) is 5.17. The van der Waals surface area contributed by atoms with Crippen LogP contribution in [0.1, 0.15) is 32.7 Å². The van der Waals surface area contributed by atoms with Crippen molar-refractivity contribution in [3.8, 4) is 5.75 Å². The number of hydrogen-bond acceptors (Lipinski definition) is 3. The molecule has 0 aliphatic carbocycles. The van der Waals surface area contributed by atoms with Crippen molar-refractivity contribution in [3.05, 3.63) is 94.4 Å². The van der Waals surface area contributed by atoms with E-state index < -0.39 is 17.6 Å². The molecule has 5 nitrogen and oxygen atoms in total. The lowest BCUT2D eigenvalue weighted by molar-refractivity contribution is -0.137. The van der Waals surface area contributed by atoms with E-state index in [-0.39, 0.29) is 23.7 Å². The fraction of sp³-hybridized carbons (Fsp3) is 0.120. The van der Waals surface area contributed by atoms with E-state index in [1.54, 1.807) is 36.4 Å². The zero-order chi connectivity index (χ0) is 24.3. The third kappa shape index (κ3) is 4.93. The van der Waals surface area contributed by atoms with Crippen molar-refractivity contribution in [3.63, 3.8) is 0 Å². The van der Waals surface area contributed by atoms with Gasteiger partial charge in [-0.05, 0) is 53.6 Å². The van der Waals surface area contributed by atoms with E-state index in [0.717, 1.165) is 17.7 Å². The number of nitrogens with one attached hydrogen (secondary N) is 2. The summed E-state index contributed by atoms with van der Waals surface area (Å²) in [5.74, 6) is -0.581. The number of H-pyrrole nitrogens is 1. The van der Waals surface area contributed by atoms with Crippen molar-refractivity contribution in [2.24, 2.45) is 0 Å². The zero-order valence-corrected chi connectivity index (χ0v) is 17.9. The predicted molar refractivity (Wildman–Crippen MR) is 121 cm³/mol. The molecule has 0 saturated heterocycles. The van der Waals surface area contributed by atoms with Crippen LogP contribution in [0, 0.1) is 5.82 Å². The molecule has 0 saturated carbocycles. The molecule has 1 amide bonds. The van der Waals surface area contributed by atoms with Crippen molar-refractivity contribution in [1.29, 1.82) is 0 Å². The molecule has 0 radical (unpaired) electrons. The highest BCUT2D eigenvalue weighted by atomic mass is 19.4. The Morgan fingerprint density at radius 2 is 1.85 bits per heavy atom. The predicted octanol–water partition coefficient (Wildman–Crippen LogP) is 5.83. The second-order valence-corrected chi connectivity index (χ2v) is 7.44. The first-order chi connectivity index (χ1) is 16.3. The van der Waals surface area contributed by atoms with Gasteiger partial charge in [0.05, 0.1) is 34.8 Å². The third-order valence-electron chi connectivity index (χ3n) is 5.17. The Hall–Kier alpha value is -4.14. The SMILES string of the molecule is COc1c(C(=O)NCc2cccc(C(F)(F)F)c2)ccc2[nH]nc(/C=C/c3ccc(F)cc3)c12. The van der Waals surface area contributed by atoms with Crippen LogP contribution in [0.15, 0.2) is 60.7 Å². The summed E-state index contributed by atoms with van der Waals surface area (Å²) < 4.78 is 57.5. The van der Waals surface area contributed by atoms with Gasteiger partial charge in [-0.1, -0.05) is 30.3 Å². The summed E-state index contributed by atoms with van der Waals surface area (Å²) in [6.45, 7) is -0.0906. The topological polar surface area (TPSA) is 67.0 Å². The summed E-state index contributed by atoms with van der Waals surface area (Å²) in [4.78, 5) is 12.9. The lowest BCUT2D eigenvalue weighted by Gasteiger charge is -2.12. The average Bonchev–Trinajstić information content (AvgIpc) is 3.24. The number of ether oxygens (including phenoxy) is 1. The summed E-state index contributed by atoms with van der Waals surface area (Å²) in [5.41, 5.74) is 1.63. The van der Waals surface area contributed by atoms with Gasteiger partial charge in [-0.3, -0.25) is 9.89 Å². The van der Waals surface area contributed by atoms with Gasteiger partial charge in [0.15, 0.2) is 0 Å². The number of hydrogen-bond donors (Lipinski definition) is 2. The summed E-state index contributed by atoms with van der Waals surface area (Å²) >= 11 is 0. The number of alkyl halides is 3. The van der Waals surface area contributed by atoms with Gasteiger partial charge in [0, 0.05) is 6.54 Å². The number of aromatic nitrogens is 2. The highest BCUT2D eigenvalue weighted by molar-refractivity contribution is 6.05. The molecule has 0 aliphatic heterocycles. The fourth-order valence-corrected chi connectivity index (χ4v) is 3.50. The minimum atomic E-state index is -4.46. The molecule has 174 valence electrons. The van der Waals surface area contributed by atoms with E-state index in [2.05, 4.69) is 15.5 Å². The van der Waals surface area contributed by atoms with Gasteiger partial charge in [-0.15, -0.1) is 0 Å². The summed E-state index contributed by atoms with van der Waals surface area (Å²) in [7, 11) is 1.42. The van der Waals surface area contributed by atoms with Crippen molar-refractivity contribution in [2.75, 3.05) is 7.11 Å². The molecular weight excluding hydrogens is 450 g/mol. The van der Waals surface area contributed by atoms with Crippen molar-refractivity contribution in [1.82, 2.24) is 15.5 Å². The van der Waals surface area contributed by atoms with Gasteiger partial charge in [0.1, 0.15) is 11.6 Å². The Labute approximate surface area is 192 Å². The lowest BCUT2D eigenvalue weighted by atomic mass is 10.1. The standard InChI is InChI=1S/C25H19F4N3O2/c1-34-23-19(24(33)30-14-16-3-2-4-17(13-16)25(27,28)29)10-12-21-22(23)20(31-32-21)11-7-15-5-8-18(26)9-6-15/h2-13H,14H2,1H3,(H,30,33)(H,31,32)/b11-7+. The second kappa shape index (κ2) is 9.38. The number of aromatic amines is 1. The normalized spacial score (nSPS) is 11.8. The second-order valence-electron chi connectivity index (χ2n) is 7.44. The van der Waals surface area contributed by atoms with Crippen LogP contribution in [0.2, 0.25) is 0 Å². The Morgan fingerprint density at radius 3 is 2.56 bits per heavy atom. The number of amides is 1. The molecule has 0 bridgehead atoms. The van der Waals surface area contributed by atoms with Gasteiger partial charge in [0.25, 0.3) is 5.91 Å². The molecule has 4 rings (SSSR count). The minimum absolute atomic E-state index is 0.0906. The Kier molecular flexibility index (Phi) is 6.36. The largest absolute Gasteiger partial charge is 0.495 e. The molecular formula is C25H19F4N3O2. The molecule has 0 fully saturated rings. The van der Waals surface area contributed by atoms with Crippen LogP contribution >= 0.6 is 0 Å². The maximum absolute atomic E-state index is 13.1. The molecule has 1 heterocycles. The van der Waals surface area contributed by atoms with Crippen LogP contribution < -0.4 is 10.1 Å². The van der Waals surface area contributed by atoms with E-state index in [4.69, 9.17) is 4.74 Å². The first kappa shape index (κ1) is 23.0. The quantitative estimate of drug-likeness (QED) is 0.349. The fourth-order valence-electron chi connectivity index (χ4n) is 3.50. The van der Waals surface area contributed by atoms with Crippen LogP contribution in [-0.2, 0) is 12.7 Å². The highest BCUT2D eigenvalue weighted by Gasteiger charge is 2.30. The van der Waals surface area contributed by atoms with E-state index in [1.165, 1.54) is 31.4 Å². The molecule has 0 aliphatic rings. The first-order valence-corrected chi connectivity index (χ1v) is 10.2. The molecule has 0 atom stereocenters. The van der Waals surface area contributed by atoms with E-state index in [1.807, 2.05) is 0 Å². The molecule has 1 aromatic heterocycles. The number of benzene rings is 3. The number of nitrogens with zero attached hydrogens (tertiary/aromatic N) is 1. The first-order valence-electron chi connectivity index (χ1n) is 10.2. The maximum Gasteiger partial charge on any atom is 0.416 e. The smallest absolute Gasteiger partial charge is 0.416 e. The zero-order valence-electron chi connectivity index (χ0n) is 17.9. The van der Waals surface area contributed by atoms with Gasteiger partial charge >= 0.3 is 6.18 Å². The molecule has 3 aromatic carbocycles. The van der Waals surface area contributed by atoms with Crippen LogP contribution in [0.4, 0.5) is 17.6 Å². The number of methoxy groups -OCH3 is 1. The van der Waals surface area contributed by atoms with E-state index in [9.17, 15) is 22.4 Å². The van der Waals surface area contributed by atoms with Gasteiger partial charge in [-0.25, -0.2) is 4.39 Å². The van der Waals surface area contributed by atoms with Gasteiger partial charge in [-0.2, -0.15) is 18.3 Å². The molecule has 34 heavy (non-hydrogen) atoms. The monoisotopic (exact) mass is 469 g/mol. The molecule has 9 heteroatoms. The van der Waals surface area contributed by atoms with Crippen LogP contribution in [-0.4, -0.2) is 23.2 Å². The summed E-state index contributed by atoms with van der Waals surface area (Å²) in [6.07, 6.45) is -1.01. The molecule has 0 spiro atoms. The van der Waals surface area contributed by atoms with E-state index in [0.29, 0.717) is 22.2 Å². The average molecular weight is 469 g/mol. The molecule has 0 unspecified atom stereocenters. The Balaban J connectivity index is 1.59. The lowest BCUT2D eigenvalue weighted by Crippen LogP contribution is -2.23. The number of rotatable bonds is 6. The Morgan fingerprint density at radius 1 is 1.09 bits per heavy atom. The highest BCUT2D eigenvalue weighted by Crippen LogP contribution is 2.33. The van der Waals surface area contributed by atoms with Crippen LogP contribution in [0.25, 0.3) is 23.1 Å². The summed E-state index contributed by atoms with van der Waals surface area (Å²) in [5, 5.41) is 10.3. The number of carbonyl (C=O) groups is 1. The number of halogens is 4. The number of fused-ring (bicyclic) bond motifs is 1. The Bertz CT molecular complexity index is 1360. The van der Waals surface area contributed by atoms with Crippen molar-refractivity contribution in [2.45, 2.75) is 12.7 Å². The molecule has 4 aromatic rings. The van der Waals surface area contributed by atoms with Crippen LogP contribution in [0.5, 0.6) is 5.75 Å². The number of carbonyl (C=O) groups excluding carboxylic acids is 1. The summed E-state index contributed by atoms with van der Waals surface area (Å²) in [6, 6.07) is 13.9. The van der Waals surface area contributed by atoms with Gasteiger partial charge in [0.2, 0.25) is 0 Å². The van der Waals surface area contributed by atoms with Crippen molar-refractivity contribution < 1.29 is 27.1 Å².